The average molecular weight is 224 g/mol. The fourth-order valence-electron chi connectivity index (χ4n) is 1.90. The van der Waals surface area contributed by atoms with E-state index in [1.165, 1.54) is 12.1 Å². The van der Waals surface area contributed by atoms with Gasteiger partial charge in [-0.2, -0.15) is 0 Å². The first-order valence-corrected chi connectivity index (χ1v) is 5.71. The number of benzene rings is 1. The monoisotopic (exact) mass is 224 g/mol. The molecule has 0 aromatic heterocycles. The van der Waals surface area contributed by atoms with Crippen LogP contribution in [0, 0.1) is 5.82 Å². The number of rotatable bonds is 4. The highest BCUT2D eigenvalue weighted by Gasteiger charge is 2.21. The van der Waals surface area contributed by atoms with Crippen molar-refractivity contribution in [1.82, 2.24) is 0 Å². The minimum atomic E-state index is -0.211. The maximum absolute atomic E-state index is 12.6. The Hall–Kier alpha value is -0.930. The molecular formula is C13H17FO2. The molecule has 3 heteroatoms. The molecule has 0 unspecified atom stereocenters. The van der Waals surface area contributed by atoms with Crippen LogP contribution in [0.25, 0.3) is 0 Å². The average Bonchev–Trinajstić information content (AvgIpc) is 2.67. The fourth-order valence-corrected chi connectivity index (χ4v) is 1.90. The van der Waals surface area contributed by atoms with Crippen molar-refractivity contribution in [3.05, 3.63) is 35.6 Å². The normalized spacial score (nSPS) is 24.9. The molecule has 1 aliphatic rings. The van der Waals surface area contributed by atoms with Crippen LogP contribution < -0.4 is 0 Å². The highest BCUT2D eigenvalue weighted by Crippen LogP contribution is 2.19. The number of hydrogen-bond acceptors (Lipinski definition) is 2. The topological polar surface area (TPSA) is 18.5 Å². The lowest BCUT2D eigenvalue weighted by atomic mass is 10.2. The zero-order valence-electron chi connectivity index (χ0n) is 9.49. The van der Waals surface area contributed by atoms with E-state index in [0.717, 1.165) is 18.4 Å². The van der Waals surface area contributed by atoms with Gasteiger partial charge in [0.05, 0.1) is 25.4 Å². The highest BCUT2D eigenvalue weighted by molar-refractivity contribution is 5.14. The molecule has 0 N–H and O–H groups in total. The molecule has 0 spiro atoms. The summed E-state index contributed by atoms with van der Waals surface area (Å²) in [7, 11) is 0. The van der Waals surface area contributed by atoms with E-state index < -0.39 is 0 Å². The van der Waals surface area contributed by atoms with Gasteiger partial charge in [0.15, 0.2) is 0 Å². The molecule has 1 aromatic rings. The van der Waals surface area contributed by atoms with Crippen LogP contribution in [0.15, 0.2) is 24.3 Å². The first-order valence-electron chi connectivity index (χ1n) is 5.71. The van der Waals surface area contributed by atoms with Gasteiger partial charge in [0.25, 0.3) is 0 Å². The zero-order chi connectivity index (χ0) is 11.4. The van der Waals surface area contributed by atoms with Crippen molar-refractivity contribution in [1.29, 1.82) is 0 Å². The molecule has 0 amide bonds. The molecule has 2 rings (SSSR count). The summed E-state index contributed by atoms with van der Waals surface area (Å²) in [6, 6.07) is 6.39. The van der Waals surface area contributed by atoms with Gasteiger partial charge >= 0.3 is 0 Å². The largest absolute Gasteiger partial charge is 0.374 e. The predicted molar refractivity (Wildman–Crippen MR) is 59.6 cm³/mol. The minimum absolute atomic E-state index is 0.211. The smallest absolute Gasteiger partial charge is 0.123 e. The van der Waals surface area contributed by atoms with E-state index in [2.05, 4.69) is 6.92 Å². The molecule has 2 atom stereocenters. The van der Waals surface area contributed by atoms with Gasteiger partial charge in [0, 0.05) is 0 Å². The van der Waals surface area contributed by atoms with Crippen LogP contribution in [0.3, 0.4) is 0 Å². The van der Waals surface area contributed by atoms with Gasteiger partial charge in [-0.15, -0.1) is 0 Å². The number of hydrogen-bond donors (Lipinski definition) is 0. The van der Waals surface area contributed by atoms with Crippen molar-refractivity contribution < 1.29 is 13.9 Å². The molecule has 2 nitrogen and oxygen atoms in total. The number of halogens is 1. The molecule has 1 heterocycles. The van der Waals surface area contributed by atoms with E-state index in [1.807, 2.05) is 0 Å². The molecule has 1 aliphatic heterocycles. The maximum atomic E-state index is 12.6. The Morgan fingerprint density at radius 2 is 2.06 bits per heavy atom. The van der Waals surface area contributed by atoms with Gasteiger partial charge in [0.1, 0.15) is 5.82 Å². The summed E-state index contributed by atoms with van der Waals surface area (Å²) in [6.07, 6.45) is 2.78. The van der Waals surface area contributed by atoms with Crippen molar-refractivity contribution >= 4 is 0 Å². The SMILES string of the molecule is C[C@H]1CC[C@@H](COCc2ccc(F)cc2)O1. The summed E-state index contributed by atoms with van der Waals surface area (Å²) in [4.78, 5) is 0. The van der Waals surface area contributed by atoms with E-state index in [9.17, 15) is 4.39 Å². The van der Waals surface area contributed by atoms with Crippen LogP contribution in [-0.4, -0.2) is 18.8 Å². The second-order valence-corrected chi connectivity index (χ2v) is 4.29. The minimum Gasteiger partial charge on any atom is -0.374 e. The third-order valence-corrected chi connectivity index (χ3v) is 2.81. The van der Waals surface area contributed by atoms with Gasteiger partial charge in [-0.3, -0.25) is 0 Å². The lowest BCUT2D eigenvalue weighted by Crippen LogP contribution is -2.15. The van der Waals surface area contributed by atoms with Crippen LogP contribution >= 0.6 is 0 Å². The van der Waals surface area contributed by atoms with E-state index in [-0.39, 0.29) is 11.9 Å². The second kappa shape index (κ2) is 5.41. The third kappa shape index (κ3) is 3.29. The van der Waals surface area contributed by atoms with Crippen LogP contribution in [-0.2, 0) is 16.1 Å². The first-order chi connectivity index (χ1) is 7.74. The summed E-state index contributed by atoms with van der Waals surface area (Å²) < 4.78 is 23.8. The van der Waals surface area contributed by atoms with E-state index in [4.69, 9.17) is 9.47 Å². The number of ether oxygens (including phenoxy) is 2. The van der Waals surface area contributed by atoms with Crippen LogP contribution in [0.1, 0.15) is 25.3 Å². The lowest BCUT2D eigenvalue weighted by molar-refractivity contribution is -0.0142. The van der Waals surface area contributed by atoms with Crippen molar-refractivity contribution in [3.63, 3.8) is 0 Å². The standard InChI is InChI=1S/C13H17FO2/c1-10-2-7-13(16-10)9-15-8-11-3-5-12(14)6-4-11/h3-6,10,13H,2,7-9H2,1H3/t10-,13-/m0/s1. The molecular weight excluding hydrogens is 207 g/mol. The van der Waals surface area contributed by atoms with Crippen molar-refractivity contribution in [2.24, 2.45) is 0 Å². The Balaban J connectivity index is 1.70. The van der Waals surface area contributed by atoms with Crippen molar-refractivity contribution in [2.45, 2.75) is 38.6 Å². The Morgan fingerprint density at radius 1 is 1.31 bits per heavy atom. The molecule has 1 fully saturated rings. The van der Waals surface area contributed by atoms with Crippen LogP contribution in [0.4, 0.5) is 4.39 Å². The third-order valence-electron chi connectivity index (χ3n) is 2.81. The highest BCUT2D eigenvalue weighted by atomic mass is 19.1. The van der Waals surface area contributed by atoms with Gasteiger partial charge in [-0.25, -0.2) is 4.39 Å². The summed E-state index contributed by atoms with van der Waals surface area (Å²) in [6.45, 7) is 3.23. The molecule has 0 aliphatic carbocycles. The molecule has 0 saturated carbocycles. The van der Waals surface area contributed by atoms with Gasteiger partial charge in [0.2, 0.25) is 0 Å². The van der Waals surface area contributed by atoms with Gasteiger partial charge in [-0.05, 0) is 37.5 Å². The molecule has 0 radical (unpaired) electrons. The van der Waals surface area contributed by atoms with E-state index in [1.54, 1.807) is 12.1 Å². The molecule has 16 heavy (non-hydrogen) atoms. The van der Waals surface area contributed by atoms with E-state index in [0.29, 0.717) is 19.3 Å². The van der Waals surface area contributed by atoms with E-state index >= 15 is 0 Å². The Bertz CT molecular complexity index is 323. The Morgan fingerprint density at radius 3 is 2.69 bits per heavy atom. The van der Waals surface area contributed by atoms with Gasteiger partial charge < -0.3 is 9.47 Å². The maximum Gasteiger partial charge on any atom is 0.123 e. The Kier molecular flexibility index (Phi) is 3.91. The predicted octanol–water partition coefficient (Wildman–Crippen LogP) is 2.91. The first kappa shape index (κ1) is 11.6. The fraction of sp³-hybridized carbons (Fsp3) is 0.538. The van der Waals surface area contributed by atoms with Gasteiger partial charge in [-0.1, -0.05) is 12.1 Å². The Labute approximate surface area is 95.4 Å². The second-order valence-electron chi connectivity index (χ2n) is 4.29. The molecule has 88 valence electrons. The summed E-state index contributed by atoms with van der Waals surface area (Å²) in [5.41, 5.74) is 0.993. The summed E-state index contributed by atoms with van der Waals surface area (Å²) >= 11 is 0. The molecule has 0 bridgehead atoms. The summed E-state index contributed by atoms with van der Waals surface area (Å²) in [5, 5.41) is 0. The van der Waals surface area contributed by atoms with Crippen molar-refractivity contribution in [2.75, 3.05) is 6.61 Å². The van der Waals surface area contributed by atoms with Crippen molar-refractivity contribution in [3.8, 4) is 0 Å². The lowest BCUT2D eigenvalue weighted by Gasteiger charge is -2.11. The molecule has 1 aromatic carbocycles. The summed E-state index contributed by atoms with van der Waals surface area (Å²) in [5.74, 6) is -0.211. The molecule has 1 saturated heterocycles. The van der Waals surface area contributed by atoms with Crippen LogP contribution in [0.2, 0.25) is 0 Å². The quantitative estimate of drug-likeness (QED) is 0.783. The van der Waals surface area contributed by atoms with Crippen LogP contribution in [0.5, 0.6) is 0 Å². The zero-order valence-corrected chi connectivity index (χ0v) is 9.49.